The van der Waals surface area contributed by atoms with Gasteiger partial charge < -0.3 is 14.6 Å². The normalized spacial score (nSPS) is 12.1. The molecule has 0 radical (unpaired) electrons. The van der Waals surface area contributed by atoms with Crippen LogP contribution in [0.2, 0.25) is 5.02 Å². The number of amides is 1. The van der Waals surface area contributed by atoms with Crippen LogP contribution in [0.1, 0.15) is 31.7 Å². The van der Waals surface area contributed by atoms with Crippen LogP contribution in [0.3, 0.4) is 0 Å². The molecule has 3 rings (SSSR count). The zero-order chi connectivity index (χ0) is 24.6. The van der Waals surface area contributed by atoms with Gasteiger partial charge in [0, 0.05) is 29.9 Å². The second kappa shape index (κ2) is 12.1. The Morgan fingerprint density at radius 1 is 1.15 bits per heavy atom. The highest BCUT2D eigenvalue weighted by Crippen LogP contribution is 2.27. The molecule has 0 aliphatic heterocycles. The Morgan fingerprint density at radius 2 is 1.85 bits per heavy atom. The van der Waals surface area contributed by atoms with Gasteiger partial charge in [-0.1, -0.05) is 30.7 Å². The maximum atomic E-state index is 12.5. The van der Waals surface area contributed by atoms with Gasteiger partial charge in [-0.3, -0.25) is 9.79 Å². The fraction of sp³-hybridized carbons (Fsp3) is 0.333. The monoisotopic (exact) mass is 511 g/mol. The van der Waals surface area contributed by atoms with E-state index >= 15 is 0 Å². The minimum absolute atomic E-state index is 0.0194. The van der Waals surface area contributed by atoms with Crippen LogP contribution in [0.25, 0.3) is 11.3 Å². The van der Waals surface area contributed by atoms with Crippen molar-refractivity contribution in [1.82, 2.24) is 9.88 Å². The van der Waals surface area contributed by atoms with E-state index in [1.165, 1.54) is 23.5 Å². The van der Waals surface area contributed by atoms with Crippen molar-refractivity contribution in [2.75, 3.05) is 6.54 Å². The molecule has 3 aromatic rings. The lowest BCUT2D eigenvalue weighted by molar-refractivity contribution is -0.274. The van der Waals surface area contributed by atoms with Gasteiger partial charge in [0.1, 0.15) is 5.75 Å². The summed E-state index contributed by atoms with van der Waals surface area (Å²) in [4.78, 5) is 17.3. The van der Waals surface area contributed by atoms with Gasteiger partial charge >= 0.3 is 6.36 Å². The number of carbonyl (C=O) groups is 1. The molecule has 1 N–H and O–H groups in total. The van der Waals surface area contributed by atoms with Crippen LogP contribution >= 0.6 is 22.9 Å². The predicted molar refractivity (Wildman–Crippen MR) is 128 cm³/mol. The van der Waals surface area contributed by atoms with Crippen molar-refractivity contribution in [2.24, 2.45) is 4.99 Å². The van der Waals surface area contributed by atoms with E-state index in [1.807, 2.05) is 41.1 Å². The van der Waals surface area contributed by atoms with Crippen molar-refractivity contribution in [3.05, 3.63) is 69.3 Å². The quantitative estimate of drug-likeness (QED) is 0.331. The first-order valence-corrected chi connectivity index (χ1v) is 12.1. The molecule has 0 aliphatic rings. The molecule has 0 saturated heterocycles. The van der Waals surface area contributed by atoms with E-state index in [1.54, 1.807) is 12.1 Å². The summed E-state index contributed by atoms with van der Waals surface area (Å²) in [6.07, 6.45) is -2.77. The second-order valence-electron chi connectivity index (χ2n) is 7.52. The van der Waals surface area contributed by atoms with Crippen molar-refractivity contribution in [3.8, 4) is 17.0 Å². The predicted octanol–water partition coefficient (Wildman–Crippen LogP) is 6.18. The van der Waals surface area contributed by atoms with E-state index in [2.05, 4.69) is 10.1 Å². The van der Waals surface area contributed by atoms with E-state index in [9.17, 15) is 18.0 Å². The van der Waals surface area contributed by atoms with Crippen molar-refractivity contribution < 1.29 is 22.7 Å². The molecular formula is C24H25ClF3N3O2S. The van der Waals surface area contributed by atoms with Crippen molar-refractivity contribution in [1.29, 1.82) is 0 Å². The molecule has 0 atom stereocenters. The van der Waals surface area contributed by atoms with Crippen molar-refractivity contribution in [3.63, 3.8) is 0 Å². The molecule has 0 fully saturated rings. The molecule has 1 heterocycles. The summed E-state index contributed by atoms with van der Waals surface area (Å²) < 4.78 is 43.4. The zero-order valence-electron chi connectivity index (χ0n) is 18.6. The molecule has 5 nitrogen and oxygen atoms in total. The maximum absolute atomic E-state index is 12.5. The summed E-state index contributed by atoms with van der Waals surface area (Å²) >= 11 is 7.40. The summed E-state index contributed by atoms with van der Waals surface area (Å²) in [7, 11) is 0. The number of alkyl halides is 3. The van der Waals surface area contributed by atoms with E-state index in [0.29, 0.717) is 37.5 Å². The Balaban J connectivity index is 1.82. The zero-order valence-corrected chi connectivity index (χ0v) is 20.1. The molecular weight excluding hydrogens is 487 g/mol. The number of thiazole rings is 1. The molecule has 0 aliphatic carbocycles. The van der Waals surface area contributed by atoms with E-state index in [0.717, 1.165) is 28.0 Å². The lowest BCUT2D eigenvalue weighted by Gasteiger charge is -2.12. The number of halogens is 4. The Labute approximate surface area is 204 Å². The van der Waals surface area contributed by atoms with Gasteiger partial charge in [-0.15, -0.1) is 24.5 Å². The third kappa shape index (κ3) is 7.92. The number of nitrogens with zero attached hydrogens (tertiary/aromatic N) is 2. The minimum Gasteiger partial charge on any atom is -0.406 e. The average molecular weight is 512 g/mol. The van der Waals surface area contributed by atoms with Gasteiger partial charge in [0.25, 0.3) is 0 Å². The van der Waals surface area contributed by atoms with Crippen molar-refractivity contribution in [2.45, 2.75) is 45.6 Å². The van der Waals surface area contributed by atoms with Crippen molar-refractivity contribution >= 4 is 28.8 Å². The third-order valence-corrected chi connectivity index (χ3v) is 6.00. The molecule has 1 amide bonds. The molecule has 0 bridgehead atoms. The summed E-state index contributed by atoms with van der Waals surface area (Å²) in [5.41, 5.74) is 2.58. The van der Waals surface area contributed by atoms with Gasteiger partial charge in [0.2, 0.25) is 5.91 Å². The first-order chi connectivity index (χ1) is 16.2. The Hall–Kier alpha value is -2.78. The highest BCUT2D eigenvalue weighted by Gasteiger charge is 2.31. The standard InChI is InChI=1S/C24H25ClF3N3O2S/c1-2-4-22(32)29-13-3-14-31-21(18-7-11-20(12-8-18)33-24(26,27)28)16-34-23(31)30-15-17-5-9-19(25)10-6-17/h5-12,16H,2-4,13-15H2,1H3,(H,29,32)/b30-23-. The summed E-state index contributed by atoms with van der Waals surface area (Å²) in [5, 5.41) is 5.48. The van der Waals surface area contributed by atoms with Crippen LogP contribution in [0.15, 0.2) is 58.9 Å². The molecule has 1 aromatic heterocycles. The average Bonchev–Trinajstić information content (AvgIpc) is 3.18. The number of hydrogen-bond acceptors (Lipinski definition) is 4. The van der Waals surface area contributed by atoms with Crippen LogP contribution in [-0.2, 0) is 17.9 Å². The van der Waals surface area contributed by atoms with Crippen LogP contribution in [0.5, 0.6) is 5.75 Å². The summed E-state index contributed by atoms with van der Waals surface area (Å²) in [5.74, 6) is -0.254. The maximum Gasteiger partial charge on any atom is 0.573 e. The van der Waals surface area contributed by atoms with Crippen LogP contribution in [0.4, 0.5) is 13.2 Å². The molecule has 0 spiro atoms. The first-order valence-electron chi connectivity index (χ1n) is 10.8. The smallest absolute Gasteiger partial charge is 0.406 e. The topological polar surface area (TPSA) is 55.6 Å². The van der Waals surface area contributed by atoms with Crippen LogP contribution in [0, 0.1) is 0 Å². The van der Waals surface area contributed by atoms with Crippen LogP contribution < -0.4 is 14.9 Å². The number of hydrogen-bond donors (Lipinski definition) is 1. The lowest BCUT2D eigenvalue weighted by Crippen LogP contribution is -2.26. The number of benzene rings is 2. The number of nitrogens with one attached hydrogen (secondary N) is 1. The molecule has 10 heteroatoms. The highest BCUT2D eigenvalue weighted by atomic mass is 35.5. The fourth-order valence-corrected chi connectivity index (χ4v) is 4.32. The lowest BCUT2D eigenvalue weighted by atomic mass is 10.1. The molecule has 0 saturated carbocycles. The largest absolute Gasteiger partial charge is 0.573 e. The summed E-state index contributed by atoms with van der Waals surface area (Å²) in [6.45, 7) is 3.52. The first kappa shape index (κ1) is 25.8. The van der Waals surface area contributed by atoms with Gasteiger partial charge in [0.05, 0.1) is 12.2 Å². The molecule has 0 unspecified atom stereocenters. The Bertz CT molecular complexity index is 1140. The summed E-state index contributed by atoms with van der Waals surface area (Å²) in [6, 6.07) is 13.2. The molecule has 2 aromatic carbocycles. The molecule has 34 heavy (non-hydrogen) atoms. The second-order valence-corrected chi connectivity index (χ2v) is 8.80. The highest BCUT2D eigenvalue weighted by molar-refractivity contribution is 7.07. The van der Waals surface area contributed by atoms with Crippen LogP contribution in [-0.4, -0.2) is 23.4 Å². The fourth-order valence-electron chi connectivity index (χ4n) is 3.26. The number of carbonyl (C=O) groups excluding carboxylic acids is 1. The third-order valence-electron chi connectivity index (χ3n) is 4.85. The van der Waals surface area contributed by atoms with Gasteiger partial charge in [-0.05, 0) is 60.4 Å². The van der Waals surface area contributed by atoms with Gasteiger partial charge in [-0.25, -0.2) is 0 Å². The van der Waals surface area contributed by atoms with Gasteiger partial charge in [-0.2, -0.15) is 0 Å². The molecule has 182 valence electrons. The van der Waals surface area contributed by atoms with Gasteiger partial charge in [0.15, 0.2) is 4.80 Å². The number of aromatic nitrogens is 1. The number of rotatable bonds is 10. The van der Waals surface area contributed by atoms with E-state index < -0.39 is 6.36 Å². The SMILES string of the molecule is CCCC(=O)NCCCn1c(-c2ccc(OC(F)(F)F)cc2)cs/c1=N\Cc1ccc(Cl)cc1. The minimum atomic E-state index is -4.74. The number of ether oxygens (including phenoxy) is 1. The van der Waals surface area contributed by atoms with E-state index in [-0.39, 0.29) is 11.7 Å². The Morgan fingerprint density at radius 3 is 2.50 bits per heavy atom. The Kier molecular flexibility index (Phi) is 9.18. The van der Waals surface area contributed by atoms with E-state index in [4.69, 9.17) is 16.6 Å².